The molecule has 6 nitrogen and oxygen atoms in total. The molecule has 0 spiro atoms. The Morgan fingerprint density at radius 2 is 1.96 bits per heavy atom. The zero-order valence-electron chi connectivity index (χ0n) is 17.3. The maximum Gasteiger partial charge on any atom is 0.191 e. The highest BCUT2D eigenvalue weighted by molar-refractivity contribution is 14.0. The van der Waals surface area contributed by atoms with E-state index in [-0.39, 0.29) is 30.0 Å². The van der Waals surface area contributed by atoms with Crippen LogP contribution in [0.2, 0.25) is 0 Å². The maximum absolute atomic E-state index is 5.91. The Hall–Kier alpha value is -0.800. The van der Waals surface area contributed by atoms with E-state index in [1.807, 2.05) is 13.0 Å². The highest BCUT2D eigenvalue weighted by Crippen LogP contribution is 2.26. The van der Waals surface area contributed by atoms with Gasteiger partial charge in [0.1, 0.15) is 11.5 Å². The summed E-state index contributed by atoms with van der Waals surface area (Å²) < 4.78 is 11.6. The summed E-state index contributed by atoms with van der Waals surface area (Å²) in [5.74, 6) is 3.49. The minimum absolute atomic E-state index is 0. The molecule has 1 aliphatic rings. The van der Waals surface area contributed by atoms with Gasteiger partial charge in [-0.3, -0.25) is 9.89 Å². The second-order valence-corrected chi connectivity index (χ2v) is 7.38. The van der Waals surface area contributed by atoms with Gasteiger partial charge in [0, 0.05) is 26.7 Å². The first kappa shape index (κ1) is 24.2. The van der Waals surface area contributed by atoms with Gasteiger partial charge in [0.05, 0.1) is 12.6 Å². The molecule has 1 aromatic heterocycles. The molecule has 0 aromatic carbocycles. The van der Waals surface area contributed by atoms with Crippen molar-refractivity contribution in [2.24, 2.45) is 10.9 Å². The molecule has 1 unspecified atom stereocenters. The SMILES string of the molecule is CN=C(NCCOCCC(C)C)NCC(c1ccc(C)o1)N1CCCC1.I. The number of likely N-dealkylation sites (tertiary alicyclic amines) is 1. The van der Waals surface area contributed by atoms with E-state index in [1.165, 1.54) is 12.8 Å². The second-order valence-electron chi connectivity index (χ2n) is 7.38. The number of furan rings is 1. The average Bonchev–Trinajstić information content (AvgIpc) is 3.28. The first-order chi connectivity index (χ1) is 12.6. The molecule has 0 bridgehead atoms. The molecule has 27 heavy (non-hydrogen) atoms. The highest BCUT2D eigenvalue weighted by atomic mass is 127. The van der Waals surface area contributed by atoms with Gasteiger partial charge in [0.2, 0.25) is 0 Å². The van der Waals surface area contributed by atoms with Crippen molar-refractivity contribution in [3.8, 4) is 0 Å². The van der Waals surface area contributed by atoms with Crippen LogP contribution in [0, 0.1) is 12.8 Å². The number of hydrogen-bond acceptors (Lipinski definition) is 4. The van der Waals surface area contributed by atoms with Gasteiger partial charge >= 0.3 is 0 Å². The van der Waals surface area contributed by atoms with Crippen LogP contribution >= 0.6 is 24.0 Å². The Bertz CT molecular complexity index is 542. The van der Waals surface area contributed by atoms with E-state index >= 15 is 0 Å². The third-order valence-electron chi connectivity index (χ3n) is 4.74. The van der Waals surface area contributed by atoms with Crippen molar-refractivity contribution >= 4 is 29.9 Å². The Morgan fingerprint density at radius 1 is 1.22 bits per heavy atom. The van der Waals surface area contributed by atoms with Crippen LogP contribution in [0.15, 0.2) is 21.5 Å². The number of hydrogen-bond donors (Lipinski definition) is 2. The van der Waals surface area contributed by atoms with Crippen molar-refractivity contribution in [1.82, 2.24) is 15.5 Å². The summed E-state index contributed by atoms with van der Waals surface area (Å²) >= 11 is 0. The van der Waals surface area contributed by atoms with Crippen LogP contribution in [0.25, 0.3) is 0 Å². The number of rotatable bonds is 10. The number of aliphatic imine (C=N–C) groups is 1. The van der Waals surface area contributed by atoms with Gasteiger partial charge in [0.15, 0.2) is 5.96 Å². The number of aryl methyl sites for hydroxylation is 1. The van der Waals surface area contributed by atoms with Crippen LogP contribution in [0.1, 0.15) is 50.7 Å². The molecule has 156 valence electrons. The normalized spacial score (nSPS) is 16.4. The van der Waals surface area contributed by atoms with E-state index in [2.05, 4.69) is 40.4 Å². The molecule has 0 radical (unpaired) electrons. The first-order valence-corrected chi connectivity index (χ1v) is 9.92. The molecular weight excluding hydrogens is 455 g/mol. The minimum Gasteiger partial charge on any atom is -0.465 e. The summed E-state index contributed by atoms with van der Waals surface area (Å²) in [6.45, 7) is 11.7. The summed E-state index contributed by atoms with van der Waals surface area (Å²) in [4.78, 5) is 6.81. The van der Waals surface area contributed by atoms with Crippen LogP contribution in [0.4, 0.5) is 0 Å². The summed E-state index contributed by atoms with van der Waals surface area (Å²) in [6, 6.07) is 4.38. The van der Waals surface area contributed by atoms with Crippen molar-refractivity contribution in [3.63, 3.8) is 0 Å². The number of ether oxygens (including phenoxy) is 1. The lowest BCUT2D eigenvalue weighted by atomic mass is 10.1. The van der Waals surface area contributed by atoms with Gasteiger partial charge in [-0.05, 0) is 57.3 Å². The Kier molecular flexibility index (Phi) is 12.0. The topological polar surface area (TPSA) is 62.0 Å². The van der Waals surface area contributed by atoms with Gasteiger partial charge in [-0.25, -0.2) is 0 Å². The summed E-state index contributed by atoms with van der Waals surface area (Å²) in [5, 5.41) is 6.77. The lowest BCUT2D eigenvalue weighted by molar-refractivity contribution is 0.128. The Labute approximate surface area is 181 Å². The lowest BCUT2D eigenvalue weighted by Gasteiger charge is -2.26. The molecule has 0 amide bonds. The van der Waals surface area contributed by atoms with E-state index in [9.17, 15) is 0 Å². The molecule has 0 aliphatic carbocycles. The molecule has 0 saturated carbocycles. The monoisotopic (exact) mass is 492 g/mol. The lowest BCUT2D eigenvalue weighted by Crippen LogP contribution is -2.43. The van der Waals surface area contributed by atoms with Gasteiger partial charge in [-0.15, -0.1) is 24.0 Å². The predicted octanol–water partition coefficient (Wildman–Crippen LogP) is 3.57. The fraction of sp³-hybridized carbons (Fsp3) is 0.750. The Morgan fingerprint density at radius 3 is 2.56 bits per heavy atom. The van der Waals surface area contributed by atoms with Crippen molar-refractivity contribution in [2.45, 2.75) is 46.1 Å². The van der Waals surface area contributed by atoms with Crippen molar-refractivity contribution in [2.75, 3.05) is 46.4 Å². The fourth-order valence-corrected chi connectivity index (χ4v) is 3.17. The van der Waals surface area contributed by atoms with Crippen molar-refractivity contribution < 1.29 is 9.15 Å². The smallest absolute Gasteiger partial charge is 0.191 e. The van der Waals surface area contributed by atoms with E-state index in [0.717, 1.165) is 56.7 Å². The van der Waals surface area contributed by atoms with Crippen LogP contribution in [0.3, 0.4) is 0 Å². The van der Waals surface area contributed by atoms with Gasteiger partial charge in [0.25, 0.3) is 0 Å². The van der Waals surface area contributed by atoms with E-state index in [0.29, 0.717) is 12.5 Å². The first-order valence-electron chi connectivity index (χ1n) is 9.92. The minimum atomic E-state index is 0. The van der Waals surface area contributed by atoms with Crippen LogP contribution in [0.5, 0.6) is 0 Å². The van der Waals surface area contributed by atoms with Crippen molar-refractivity contribution in [1.29, 1.82) is 0 Å². The van der Waals surface area contributed by atoms with E-state index in [4.69, 9.17) is 9.15 Å². The van der Waals surface area contributed by atoms with Crippen LogP contribution in [-0.2, 0) is 4.74 Å². The molecule has 2 rings (SSSR count). The van der Waals surface area contributed by atoms with Crippen molar-refractivity contribution in [3.05, 3.63) is 23.7 Å². The standard InChI is InChI=1S/C20H36N4O2.HI/c1-16(2)9-13-25-14-10-22-20(21-4)23-15-18(24-11-5-6-12-24)19-8-7-17(3)26-19;/h7-8,16,18H,5-6,9-15H2,1-4H3,(H2,21,22,23);1H. The van der Waals surface area contributed by atoms with E-state index < -0.39 is 0 Å². The van der Waals surface area contributed by atoms with Gasteiger partial charge in [-0.1, -0.05) is 13.8 Å². The van der Waals surface area contributed by atoms with Gasteiger partial charge in [-0.2, -0.15) is 0 Å². The third-order valence-corrected chi connectivity index (χ3v) is 4.74. The zero-order valence-corrected chi connectivity index (χ0v) is 19.6. The molecule has 1 aliphatic heterocycles. The van der Waals surface area contributed by atoms with Gasteiger partial charge < -0.3 is 19.8 Å². The van der Waals surface area contributed by atoms with Crippen LogP contribution < -0.4 is 10.6 Å². The predicted molar refractivity (Wildman–Crippen MR) is 122 cm³/mol. The summed E-state index contributed by atoms with van der Waals surface area (Å²) in [6.07, 6.45) is 3.63. The molecule has 1 aromatic rings. The third kappa shape index (κ3) is 8.83. The molecule has 2 heterocycles. The largest absolute Gasteiger partial charge is 0.465 e. The number of guanidine groups is 1. The Balaban J connectivity index is 0.00000364. The molecule has 2 N–H and O–H groups in total. The maximum atomic E-state index is 5.91. The van der Waals surface area contributed by atoms with E-state index in [1.54, 1.807) is 7.05 Å². The number of nitrogens with one attached hydrogen (secondary N) is 2. The zero-order chi connectivity index (χ0) is 18.8. The fourth-order valence-electron chi connectivity index (χ4n) is 3.17. The van der Waals surface area contributed by atoms with Crippen LogP contribution in [-0.4, -0.2) is 57.3 Å². The average molecular weight is 492 g/mol. The quantitative estimate of drug-likeness (QED) is 0.226. The molecule has 1 atom stereocenters. The second kappa shape index (κ2) is 13.4. The number of nitrogens with zero attached hydrogens (tertiary/aromatic N) is 2. The summed E-state index contributed by atoms with van der Waals surface area (Å²) in [5.41, 5.74) is 0. The molecular formula is C20H37IN4O2. The molecule has 1 fully saturated rings. The summed E-state index contributed by atoms with van der Waals surface area (Å²) in [7, 11) is 1.80. The highest BCUT2D eigenvalue weighted by Gasteiger charge is 2.26. The molecule has 7 heteroatoms. The molecule has 1 saturated heterocycles. The number of halogens is 1.